The van der Waals surface area contributed by atoms with Gasteiger partial charge in [-0.15, -0.1) is 0 Å². The summed E-state index contributed by atoms with van der Waals surface area (Å²) in [5.74, 6) is -4.84. The van der Waals surface area contributed by atoms with Gasteiger partial charge >= 0.3 is 0 Å². The molecule has 0 heterocycles. The molecule has 0 aromatic heterocycles. The second-order valence-corrected chi connectivity index (χ2v) is 5.39. The molecule has 0 aliphatic carbocycles. The number of amides is 1. The number of para-hydroxylation sites is 1. The van der Waals surface area contributed by atoms with Gasteiger partial charge in [0.25, 0.3) is 0 Å². The fraction of sp³-hybridized carbons (Fsp3) is 0.118. The van der Waals surface area contributed by atoms with Crippen LogP contribution in [0.5, 0.6) is 0 Å². The van der Waals surface area contributed by atoms with Gasteiger partial charge in [0.2, 0.25) is 5.91 Å². The first-order chi connectivity index (χ1) is 11.4. The van der Waals surface area contributed by atoms with Gasteiger partial charge in [-0.3, -0.25) is 4.79 Å². The van der Waals surface area contributed by atoms with Crippen molar-refractivity contribution in [3.8, 4) is 0 Å². The highest BCUT2D eigenvalue weighted by Gasteiger charge is 2.20. The number of nitrogens with one attached hydrogen (secondary N) is 1. The van der Waals surface area contributed by atoms with Crippen molar-refractivity contribution in [2.75, 3.05) is 5.32 Å². The highest BCUT2D eigenvalue weighted by Crippen LogP contribution is 2.27. The first-order valence-electron chi connectivity index (χ1n) is 6.95. The maximum Gasteiger partial charge on any atom is 0.225 e. The molecule has 0 radical (unpaired) electrons. The Kier molecular flexibility index (Phi) is 5.55. The number of benzene rings is 2. The van der Waals surface area contributed by atoms with Crippen molar-refractivity contribution in [2.45, 2.75) is 12.3 Å². The van der Waals surface area contributed by atoms with Gasteiger partial charge in [-0.25, -0.2) is 0 Å². The molecule has 2 rings (SSSR count). The van der Waals surface area contributed by atoms with Gasteiger partial charge in [-0.1, -0.05) is 48.0 Å². The average molecular weight is 346 g/mol. The summed E-state index contributed by atoms with van der Waals surface area (Å²) in [4.78, 5) is 34.5. The van der Waals surface area contributed by atoms with Gasteiger partial charge < -0.3 is 25.1 Å². The summed E-state index contributed by atoms with van der Waals surface area (Å²) in [7, 11) is 0. The number of halogens is 1. The molecule has 0 spiro atoms. The number of rotatable bonds is 6. The first-order valence-corrected chi connectivity index (χ1v) is 7.33. The quantitative estimate of drug-likeness (QED) is 0.823. The third-order valence-corrected chi connectivity index (χ3v) is 3.72. The molecule has 6 nitrogen and oxygen atoms in total. The van der Waals surface area contributed by atoms with Crippen LogP contribution in [0, 0.1) is 0 Å². The molecule has 7 heteroatoms. The van der Waals surface area contributed by atoms with Crippen molar-refractivity contribution in [1.82, 2.24) is 0 Å². The number of carbonyl (C=O) groups is 3. The molecule has 1 unspecified atom stereocenters. The first kappa shape index (κ1) is 17.5. The Hall–Kier alpha value is -2.86. The van der Waals surface area contributed by atoms with Gasteiger partial charge in [-0.2, -0.15) is 0 Å². The molecule has 1 atom stereocenters. The number of carboxylic acids is 2. The molecule has 0 aliphatic rings. The van der Waals surface area contributed by atoms with E-state index in [1.54, 1.807) is 12.1 Å². The second kappa shape index (κ2) is 7.61. The lowest BCUT2D eigenvalue weighted by atomic mass is 9.95. The lowest BCUT2D eigenvalue weighted by molar-refractivity contribution is -0.308. The van der Waals surface area contributed by atoms with Crippen molar-refractivity contribution >= 4 is 35.1 Å². The van der Waals surface area contributed by atoms with E-state index in [-0.39, 0.29) is 21.8 Å². The predicted molar refractivity (Wildman–Crippen MR) is 83.2 cm³/mol. The number of aliphatic carboxylic acids is 1. The van der Waals surface area contributed by atoms with Crippen LogP contribution in [-0.2, 0) is 9.59 Å². The molecule has 0 saturated carbocycles. The molecule has 24 heavy (non-hydrogen) atoms. The van der Waals surface area contributed by atoms with E-state index in [1.165, 1.54) is 36.4 Å². The number of carboxylic acid groups (broad SMARTS) is 2. The second-order valence-electron chi connectivity index (χ2n) is 4.98. The minimum absolute atomic E-state index is 0.0266. The van der Waals surface area contributed by atoms with Gasteiger partial charge in [0.15, 0.2) is 0 Å². The van der Waals surface area contributed by atoms with Gasteiger partial charge in [0, 0.05) is 34.6 Å². The number of carbonyl (C=O) groups excluding carboxylic acids is 3. The highest BCUT2D eigenvalue weighted by molar-refractivity contribution is 6.31. The van der Waals surface area contributed by atoms with Crippen molar-refractivity contribution in [1.29, 1.82) is 0 Å². The fourth-order valence-electron chi connectivity index (χ4n) is 2.23. The summed E-state index contributed by atoms with van der Waals surface area (Å²) in [5.41, 5.74) is 0.0786. The number of aromatic carboxylic acids is 1. The van der Waals surface area contributed by atoms with E-state index >= 15 is 0 Å². The van der Waals surface area contributed by atoms with Crippen LogP contribution in [0.4, 0.5) is 5.69 Å². The Morgan fingerprint density at radius 2 is 1.62 bits per heavy atom. The third-order valence-electron chi connectivity index (χ3n) is 3.38. The Balaban J connectivity index is 2.20. The zero-order valence-electron chi connectivity index (χ0n) is 12.3. The summed E-state index contributed by atoms with van der Waals surface area (Å²) in [6.45, 7) is 0. The summed E-state index contributed by atoms with van der Waals surface area (Å²) in [5, 5.41) is 25.0. The smallest absolute Gasteiger partial charge is 0.225 e. The van der Waals surface area contributed by atoms with Crippen molar-refractivity contribution in [3.63, 3.8) is 0 Å². The third kappa shape index (κ3) is 4.11. The van der Waals surface area contributed by atoms with E-state index in [4.69, 9.17) is 11.6 Å². The van der Waals surface area contributed by atoms with Crippen LogP contribution in [0.3, 0.4) is 0 Å². The summed E-state index contributed by atoms with van der Waals surface area (Å²) in [6, 6.07) is 11.9. The number of hydrogen-bond acceptors (Lipinski definition) is 5. The van der Waals surface area contributed by atoms with Crippen molar-refractivity contribution in [3.05, 3.63) is 64.7 Å². The van der Waals surface area contributed by atoms with E-state index in [0.717, 1.165) is 0 Å². The molecule has 1 amide bonds. The molecule has 2 aromatic carbocycles. The zero-order valence-corrected chi connectivity index (χ0v) is 13.1. The number of anilines is 1. The SMILES string of the molecule is O=C(CC(C(=O)[O-])c1ccccc1Cl)Nc1ccccc1C(=O)[O-]. The zero-order chi connectivity index (χ0) is 17.7. The molecule has 0 bridgehead atoms. The number of hydrogen-bond donors (Lipinski definition) is 1. The van der Waals surface area contributed by atoms with Crippen LogP contribution in [0.2, 0.25) is 5.02 Å². The molecule has 0 aliphatic heterocycles. The van der Waals surface area contributed by atoms with E-state index in [9.17, 15) is 24.6 Å². The monoisotopic (exact) mass is 345 g/mol. The molecular formula is C17H12ClNO5-2. The lowest BCUT2D eigenvalue weighted by Gasteiger charge is -2.20. The largest absolute Gasteiger partial charge is 0.549 e. The fourth-order valence-corrected chi connectivity index (χ4v) is 2.50. The molecule has 124 valence electrons. The molecular weight excluding hydrogens is 334 g/mol. The van der Waals surface area contributed by atoms with E-state index in [2.05, 4.69) is 5.32 Å². The van der Waals surface area contributed by atoms with Gasteiger partial charge in [0.05, 0.1) is 5.97 Å². The van der Waals surface area contributed by atoms with Gasteiger partial charge in [-0.05, 0) is 17.7 Å². The minimum atomic E-state index is -1.45. The topological polar surface area (TPSA) is 109 Å². The van der Waals surface area contributed by atoms with Crippen LogP contribution in [0.1, 0.15) is 28.3 Å². The Labute approximate surface area is 142 Å². The Bertz CT molecular complexity index is 790. The summed E-state index contributed by atoms with van der Waals surface area (Å²) in [6.07, 6.45) is -0.451. The van der Waals surface area contributed by atoms with Crippen LogP contribution in [0.15, 0.2) is 48.5 Å². The van der Waals surface area contributed by atoms with E-state index in [1.807, 2.05) is 0 Å². The highest BCUT2D eigenvalue weighted by atomic mass is 35.5. The normalized spacial score (nSPS) is 11.5. The standard InChI is InChI=1S/C17H14ClNO5/c18-13-7-3-1-5-10(13)12(17(23)24)9-15(20)19-14-8-4-2-6-11(14)16(21)22/h1-8,12H,9H2,(H,19,20)(H,21,22)(H,23,24)/p-2. The maximum absolute atomic E-state index is 12.1. The molecule has 0 saturated heterocycles. The van der Waals surface area contributed by atoms with E-state index in [0.29, 0.717) is 0 Å². The maximum atomic E-state index is 12.1. The van der Waals surface area contributed by atoms with Crippen LogP contribution in [0.25, 0.3) is 0 Å². The van der Waals surface area contributed by atoms with Gasteiger partial charge in [0.1, 0.15) is 0 Å². The lowest BCUT2D eigenvalue weighted by Crippen LogP contribution is -2.33. The predicted octanol–water partition coefficient (Wildman–Crippen LogP) is 0.566. The minimum Gasteiger partial charge on any atom is -0.549 e. The van der Waals surface area contributed by atoms with E-state index < -0.39 is 30.2 Å². The Morgan fingerprint density at radius 1 is 1.00 bits per heavy atom. The van der Waals surface area contributed by atoms with Crippen LogP contribution >= 0.6 is 11.6 Å². The van der Waals surface area contributed by atoms with Crippen LogP contribution in [-0.4, -0.2) is 17.8 Å². The summed E-state index contributed by atoms with van der Waals surface area (Å²) >= 11 is 5.96. The van der Waals surface area contributed by atoms with Crippen molar-refractivity contribution < 1.29 is 24.6 Å². The molecule has 1 N–H and O–H groups in total. The van der Waals surface area contributed by atoms with Crippen LogP contribution < -0.4 is 15.5 Å². The average Bonchev–Trinajstić information content (AvgIpc) is 2.53. The summed E-state index contributed by atoms with van der Waals surface area (Å²) < 4.78 is 0. The van der Waals surface area contributed by atoms with Crippen molar-refractivity contribution in [2.24, 2.45) is 0 Å². The molecule has 2 aromatic rings. The Morgan fingerprint density at radius 3 is 2.25 bits per heavy atom. The molecule has 0 fully saturated rings.